The predicted molar refractivity (Wildman–Crippen MR) is 83.3 cm³/mol. The van der Waals surface area contributed by atoms with Crippen LogP contribution in [0.15, 0.2) is 41.6 Å². The van der Waals surface area contributed by atoms with Gasteiger partial charge in [-0.3, -0.25) is 0 Å². The smallest absolute Gasteiger partial charge is 0.337 e. The minimum absolute atomic E-state index is 0.200. The van der Waals surface area contributed by atoms with Gasteiger partial charge in [-0.2, -0.15) is 0 Å². The number of carboxylic acids is 1. The minimum Gasteiger partial charge on any atom is -0.492 e. The molecule has 1 aromatic heterocycles. The van der Waals surface area contributed by atoms with E-state index in [2.05, 4.69) is 11.1 Å². The predicted octanol–water partition coefficient (Wildman–Crippen LogP) is 3.57. The summed E-state index contributed by atoms with van der Waals surface area (Å²) in [4.78, 5) is 14.8. The number of nitrogens with zero attached hydrogens (tertiary/aromatic N) is 1. The Hall–Kier alpha value is -2.01. The van der Waals surface area contributed by atoms with Gasteiger partial charge in [0.25, 0.3) is 0 Å². The fourth-order valence-corrected chi connectivity index (χ4v) is 2.42. The number of aromatic carboxylic acids is 1. The topological polar surface area (TPSA) is 59.4 Å². The SMILES string of the molecule is Cc1ccc(C)c(OCCSc2ccc(C(=O)O)cn2)c1. The van der Waals surface area contributed by atoms with Crippen LogP contribution in [0.25, 0.3) is 0 Å². The van der Waals surface area contributed by atoms with Crippen molar-refractivity contribution >= 4 is 17.7 Å². The van der Waals surface area contributed by atoms with Crippen LogP contribution in [-0.4, -0.2) is 28.4 Å². The molecule has 0 bridgehead atoms. The molecule has 0 atom stereocenters. The molecule has 21 heavy (non-hydrogen) atoms. The summed E-state index contributed by atoms with van der Waals surface area (Å²) >= 11 is 1.54. The van der Waals surface area contributed by atoms with E-state index < -0.39 is 5.97 Å². The van der Waals surface area contributed by atoms with Gasteiger partial charge in [0.1, 0.15) is 5.75 Å². The third-order valence-electron chi connectivity index (χ3n) is 2.92. The Bertz CT molecular complexity index is 626. The van der Waals surface area contributed by atoms with E-state index in [-0.39, 0.29) is 5.56 Å². The molecule has 2 rings (SSSR count). The molecule has 0 amide bonds. The summed E-state index contributed by atoms with van der Waals surface area (Å²) in [5.41, 5.74) is 2.50. The first-order valence-electron chi connectivity index (χ1n) is 6.58. The maximum Gasteiger partial charge on any atom is 0.337 e. The molecule has 1 N–H and O–H groups in total. The molecule has 0 unspecified atom stereocenters. The molecule has 0 fully saturated rings. The largest absolute Gasteiger partial charge is 0.492 e. The lowest BCUT2D eigenvalue weighted by Crippen LogP contribution is -2.02. The highest BCUT2D eigenvalue weighted by Crippen LogP contribution is 2.20. The molecule has 0 saturated carbocycles. The molecular formula is C16H17NO3S. The summed E-state index contributed by atoms with van der Waals surface area (Å²) in [6.07, 6.45) is 1.37. The fourth-order valence-electron chi connectivity index (χ4n) is 1.75. The summed E-state index contributed by atoms with van der Waals surface area (Å²) < 4.78 is 5.76. The van der Waals surface area contributed by atoms with Crippen molar-refractivity contribution in [3.63, 3.8) is 0 Å². The van der Waals surface area contributed by atoms with E-state index in [0.717, 1.165) is 22.1 Å². The number of hydrogen-bond donors (Lipinski definition) is 1. The number of thioether (sulfide) groups is 1. The van der Waals surface area contributed by atoms with E-state index in [1.807, 2.05) is 26.0 Å². The third-order valence-corrected chi connectivity index (χ3v) is 3.83. The van der Waals surface area contributed by atoms with Gasteiger partial charge >= 0.3 is 5.97 Å². The zero-order chi connectivity index (χ0) is 15.2. The second-order valence-corrected chi connectivity index (χ2v) is 5.77. The first-order valence-corrected chi connectivity index (χ1v) is 7.57. The fraction of sp³-hybridized carbons (Fsp3) is 0.250. The van der Waals surface area contributed by atoms with E-state index in [1.54, 1.807) is 23.9 Å². The van der Waals surface area contributed by atoms with Crippen LogP contribution in [0.3, 0.4) is 0 Å². The third kappa shape index (κ3) is 4.49. The van der Waals surface area contributed by atoms with Crippen molar-refractivity contribution in [1.29, 1.82) is 0 Å². The number of rotatable bonds is 6. The summed E-state index contributed by atoms with van der Waals surface area (Å²) in [6, 6.07) is 9.41. The molecule has 110 valence electrons. The van der Waals surface area contributed by atoms with E-state index in [4.69, 9.17) is 9.84 Å². The molecule has 0 aliphatic heterocycles. The van der Waals surface area contributed by atoms with Gasteiger partial charge in [-0.25, -0.2) is 9.78 Å². The van der Waals surface area contributed by atoms with E-state index >= 15 is 0 Å². The van der Waals surface area contributed by atoms with Crippen LogP contribution in [0.2, 0.25) is 0 Å². The number of aryl methyl sites for hydroxylation is 2. The van der Waals surface area contributed by atoms with Crippen molar-refractivity contribution in [2.45, 2.75) is 18.9 Å². The first-order chi connectivity index (χ1) is 10.1. The maximum absolute atomic E-state index is 10.7. The average molecular weight is 303 g/mol. The average Bonchev–Trinajstić information content (AvgIpc) is 2.47. The first kappa shape index (κ1) is 15.4. The van der Waals surface area contributed by atoms with Gasteiger partial charge in [0.15, 0.2) is 0 Å². The molecule has 5 heteroatoms. The van der Waals surface area contributed by atoms with Gasteiger partial charge in [0.05, 0.1) is 17.2 Å². The standard InChI is InChI=1S/C16H17NO3S/c1-11-3-4-12(2)14(9-11)20-7-8-21-15-6-5-13(10-17-15)16(18)19/h3-6,9-10H,7-8H2,1-2H3,(H,18,19). The lowest BCUT2D eigenvalue weighted by Gasteiger charge is -2.09. The van der Waals surface area contributed by atoms with Crippen LogP contribution in [-0.2, 0) is 0 Å². The highest BCUT2D eigenvalue weighted by Gasteiger charge is 2.04. The van der Waals surface area contributed by atoms with Gasteiger partial charge in [-0.05, 0) is 43.2 Å². The van der Waals surface area contributed by atoms with Gasteiger partial charge < -0.3 is 9.84 Å². The number of aromatic nitrogens is 1. The normalized spacial score (nSPS) is 10.4. The number of pyridine rings is 1. The quantitative estimate of drug-likeness (QED) is 0.653. The van der Waals surface area contributed by atoms with Gasteiger partial charge in [0.2, 0.25) is 0 Å². The van der Waals surface area contributed by atoms with Crippen molar-refractivity contribution < 1.29 is 14.6 Å². The summed E-state index contributed by atoms with van der Waals surface area (Å²) in [6.45, 7) is 4.64. The highest BCUT2D eigenvalue weighted by atomic mass is 32.2. The monoisotopic (exact) mass is 303 g/mol. The van der Waals surface area contributed by atoms with Crippen molar-refractivity contribution in [3.05, 3.63) is 53.2 Å². The van der Waals surface area contributed by atoms with Crippen LogP contribution in [0, 0.1) is 13.8 Å². The summed E-state index contributed by atoms with van der Waals surface area (Å²) in [5, 5.41) is 9.59. The second kappa shape index (κ2) is 7.13. The molecule has 0 aliphatic carbocycles. The Labute approximate surface area is 128 Å². The van der Waals surface area contributed by atoms with Crippen LogP contribution >= 0.6 is 11.8 Å². The number of benzene rings is 1. The molecule has 2 aromatic rings. The molecule has 1 heterocycles. The lowest BCUT2D eigenvalue weighted by atomic mass is 10.1. The van der Waals surface area contributed by atoms with E-state index in [9.17, 15) is 4.79 Å². The highest BCUT2D eigenvalue weighted by molar-refractivity contribution is 7.99. The summed E-state index contributed by atoms with van der Waals surface area (Å²) in [5.74, 6) is 0.703. The van der Waals surface area contributed by atoms with E-state index in [1.165, 1.54) is 11.8 Å². The zero-order valence-electron chi connectivity index (χ0n) is 12.0. The van der Waals surface area contributed by atoms with E-state index in [0.29, 0.717) is 6.61 Å². The van der Waals surface area contributed by atoms with Gasteiger partial charge in [-0.15, -0.1) is 11.8 Å². The number of carbonyl (C=O) groups is 1. The summed E-state index contributed by atoms with van der Waals surface area (Å²) in [7, 11) is 0. The molecule has 0 aliphatic rings. The Morgan fingerprint density at radius 3 is 2.76 bits per heavy atom. The van der Waals surface area contributed by atoms with Crippen LogP contribution in [0.5, 0.6) is 5.75 Å². The molecule has 0 saturated heterocycles. The minimum atomic E-state index is -0.961. The zero-order valence-corrected chi connectivity index (χ0v) is 12.8. The number of hydrogen-bond acceptors (Lipinski definition) is 4. The Balaban J connectivity index is 1.81. The van der Waals surface area contributed by atoms with Gasteiger partial charge in [0, 0.05) is 11.9 Å². The molecule has 1 aromatic carbocycles. The van der Waals surface area contributed by atoms with Crippen LogP contribution in [0.1, 0.15) is 21.5 Å². The number of ether oxygens (including phenoxy) is 1. The Morgan fingerprint density at radius 1 is 1.29 bits per heavy atom. The van der Waals surface area contributed by atoms with Crippen molar-refractivity contribution in [2.24, 2.45) is 0 Å². The maximum atomic E-state index is 10.7. The lowest BCUT2D eigenvalue weighted by molar-refractivity contribution is 0.0696. The second-order valence-electron chi connectivity index (χ2n) is 4.66. The molecule has 0 spiro atoms. The molecule has 4 nitrogen and oxygen atoms in total. The Morgan fingerprint density at radius 2 is 2.10 bits per heavy atom. The molecular weight excluding hydrogens is 286 g/mol. The van der Waals surface area contributed by atoms with Crippen molar-refractivity contribution in [3.8, 4) is 5.75 Å². The van der Waals surface area contributed by atoms with Crippen LogP contribution < -0.4 is 4.74 Å². The van der Waals surface area contributed by atoms with Crippen molar-refractivity contribution in [1.82, 2.24) is 4.98 Å². The van der Waals surface area contributed by atoms with Crippen molar-refractivity contribution in [2.75, 3.05) is 12.4 Å². The molecule has 0 radical (unpaired) electrons. The Kier molecular flexibility index (Phi) is 5.22. The number of carboxylic acid groups (broad SMARTS) is 1. The van der Waals surface area contributed by atoms with Gasteiger partial charge in [-0.1, -0.05) is 12.1 Å². The van der Waals surface area contributed by atoms with Crippen LogP contribution in [0.4, 0.5) is 0 Å².